The van der Waals surface area contributed by atoms with Crippen molar-refractivity contribution in [3.63, 3.8) is 0 Å². The van der Waals surface area contributed by atoms with E-state index in [1.165, 1.54) is 7.05 Å². The Labute approximate surface area is 150 Å². The summed E-state index contributed by atoms with van der Waals surface area (Å²) in [7, 11) is 1.42. The Bertz CT molecular complexity index is 495. The van der Waals surface area contributed by atoms with Crippen LogP contribution in [0.4, 0.5) is 13.2 Å². The van der Waals surface area contributed by atoms with E-state index in [1.54, 1.807) is 0 Å². The minimum atomic E-state index is -4.22. The van der Waals surface area contributed by atoms with Gasteiger partial charge in [-0.15, -0.1) is 24.0 Å². The molecule has 0 unspecified atom stereocenters. The monoisotopic (exact) mass is 444 g/mol. The topological polar surface area (TPSA) is 65.5 Å². The van der Waals surface area contributed by atoms with Crippen LogP contribution in [0.25, 0.3) is 0 Å². The van der Waals surface area contributed by atoms with Crippen molar-refractivity contribution in [2.24, 2.45) is 4.99 Å². The number of carbonyl (C=O) groups excluding carboxylic acids is 1. The molecule has 1 amide bonds. The highest BCUT2D eigenvalue weighted by Gasteiger charge is 2.26. The van der Waals surface area contributed by atoms with Gasteiger partial charge in [-0.2, -0.15) is 13.2 Å². The van der Waals surface area contributed by atoms with Gasteiger partial charge in [0.05, 0.1) is 13.0 Å². The van der Waals surface area contributed by atoms with Crippen molar-refractivity contribution < 1.29 is 18.0 Å². The third-order valence-electron chi connectivity index (χ3n) is 2.67. The van der Waals surface area contributed by atoms with E-state index in [1.807, 2.05) is 30.3 Å². The fourth-order valence-corrected chi connectivity index (χ4v) is 1.57. The summed E-state index contributed by atoms with van der Waals surface area (Å²) in [6.45, 7) is 0.0226. The number of nitrogens with one attached hydrogen (secondary N) is 3. The molecule has 0 bridgehead atoms. The summed E-state index contributed by atoms with van der Waals surface area (Å²) in [5.41, 5.74) is 0.962. The maximum atomic E-state index is 12.0. The van der Waals surface area contributed by atoms with Crippen molar-refractivity contribution in [3.05, 3.63) is 35.9 Å². The Balaban J connectivity index is 0.00000484. The van der Waals surface area contributed by atoms with E-state index in [4.69, 9.17) is 0 Å². The van der Waals surface area contributed by atoms with E-state index in [-0.39, 0.29) is 48.9 Å². The Kier molecular flexibility index (Phi) is 10.4. The van der Waals surface area contributed by atoms with Crippen LogP contribution < -0.4 is 16.0 Å². The van der Waals surface area contributed by atoms with Gasteiger partial charge in [-0.3, -0.25) is 9.79 Å². The van der Waals surface area contributed by atoms with Gasteiger partial charge in [0, 0.05) is 20.1 Å². The van der Waals surface area contributed by atoms with E-state index in [2.05, 4.69) is 20.9 Å². The quantitative estimate of drug-likeness (QED) is 0.358. The standard InChI is InChI=1S/C14H19F3N4O.HI/c1-18-13(19-8-7-14(15,16)17)21-10-12(22)20-9-11-5-3-2-4-6-11;/h2-6H,7-10H2,1H3,(H,20,22)(H2,18,19,21);1H. The van der Waals surface area contributed by atoms with Gasteiger partial charge >= 0.3 is 6.18 Å². The van der Waals surface area contributed by atoms with E-state index in [0.717, 1.165) is 5.56 Å². The first-order valence-electron chi connectivity index (χ1n) is 6.72. The molecule has 0 spiro atoms. The molecular formula is C14H20F3IN4O. The molecule has 0 saturated carbocycles. The Morgan fingerprint density at radius 3 is 2.35 bits per heavy atom. The van der Waals surface area contributed by atoms with Gasteiger partial charge in [0.25, 0.3) is 0 Å². The van der Waals surface area contributed by atoms with Crippen LogP contribution in [0.2, 0.25) is 0 Å². The van der Waals surface area contributed by atoms with E-state index < -0.39 is 12.6 Å². The fourth-order valence-electron chi connectivity index (χ4n) is 1.57. The van der Waals surface area contributed by atoms with Gasteiger partial charge in [-0.1, -0.05) is 30.3 Å². The second kappa shape index (κ2) is 11.1. The molecule has 23 heavy (non-hydrogen) atoms. The van der Waals surface area contributed by atoms with Crippen LogP contribution in [-0.2, 0) is 11.3 Å². The number of amides is 1. The molecule has 0 atom stereocenters. The molecule has 1 rings (SSSR count). The molecule has 130 valence electrons. The average molecular weight is 444 g/mol. The SMILES string of the molecule is CN=C(NCCC(F)(F)F)NCC(=O)NCc1ccccc1.I. The predicted octanol–water partition coefficient (Wildman–Crippen LogP) is 2.04. The summed E-state index contributed by atoms with van der Waals surface area (Å²) in [6, 6.07) is 9.37. The van der Waals surface area contributed by atoms with Crippen molar-refractivity contribution in [3.8, 4) is 0 Å². The maximum Gasteiger partial charge on any atom is 0.390 e. The number of hydrogen-bond acceptors (Lipinski definition) is 2. The fraction of sp³-hybridized carbons (Fsp3) is 0.429. The summed E-state index contributed by atoms with van der Waals surface area (Å²) >= 11 is 0. The number of nitrogens with zero attached hydrogens (tertiary/aromatic N) is 1. The number of guanidine groups is 1. The van der Waals surface area contributed by atoms with Gasteiger partial charge < -0.3 is 16.0 Å². The number of alkyl halides is 3. The molecule has 3 N–H and O–H groups in total. The predicted molar refractivity (Wildman–Crippen MR) is 93.7 cm³/mol. The molecule has 9 heteroatoms. The number of hydrogen-bond donors (Lipinski definition) is 3. The highest BCUT2D eigenvalue weighted by Crippen LogP contribution is 2.17. The van der Waals surface area contributed by atoms with Gasteiger partial charge in [-0.05, 0) is 5.56 Å². The van der Waals surface area contributed by atoms with E-state index in [0.29, 0.717) is 6.54 Å². The van der Waals surface area contributed by atoms with Gasteiger partial charge in [-0.25, -0.2) is 0 Å². The number of carbonyl (C=O) groups is 1. The van der Waals surface area contributed by atoms with Crippen molar-refractivity contribution in [1.29, 1.82) is 0 Å². The van der Waals surface area contributed by atoms with Gasteiger partial charge in [0.2, 0.25) is 5.91 Å². The lowest BCUT2D eigenvalue weighted by atomic mass is 10.2. The number of rotatable bonds is 6. The summed E-state index contributed by atoms with van der Waals surface area (Å²) in [4.78, 5) is 15.4. The molecule has 0 aliphatic rings. The van der Waals surface area contributed by atoms with Gasteiger partial charge in [0.1, 0.15) is 0 Å². The second-order valence-electron chi connectivity index (χ2n) is 4.48. The highest BCUT2D eigenvalue weighted by molar-refractivity contribution is 14.0. The van der Waals surface area contributed by atoms with Crippen molar-refractivity contribution in [1.82, 2.24) is 16.0 Å². The summed E-state index contributed by atoms with van der Waals surface area (Å²) in [6.07, 6.45) is -5.19. The molecule has 5 nitrogen and oxygen atoms in total. The number of halogens is 4. The van der Waals surface area contributed by atoms with Crippen molar-refractivity contribution in [2.75, 3.05) is 20.1 Å². The van der Waals surface area contributed by atoms with Crippen LogP contribution in [0.5, 0.6) is 0 Å². The average Bonchev–Trinajstić information content (AvgIpc) is 2.48. The van der Waals surface area contributed by atoms with Crippen LogP contribution in [0.3, 0.4) is 0 Å². The normalized spacial score (nSPS) is 11.4. The summed E-state index contributed by atoms with van der Waals surface area (Å²) < 4.78 is 36.1. The molecule has 0 aromatic heterocycles. The Morgan fingerprint density at radius 2 is 1.78 bits per heavy atom. The van der Waals surface area contributed by atoms with Crippen LogP contribution in [-0.4, -0.2) is 38.2 Å². The molecular weight excluding hydrogens is 424 g/mol. The second-order valence-corrected chi connectivity index (χ2v) is 4.48. The summed E-state index contributed by atoms with van der Waals surface area (Å²) in [5, 5.41) is 7.84. The van der Waals surface area contributed by atoms with Crippen LogP contribution in [0, 0.1) is 0 Å². The first-order valence-corrected chi connectivity index (χ1v) is 6.72. The molecule has 0 radical (unpaired) electrons. The Hall–Kier alpha value is -1.52. The highest BCUT2D eigenvalue weighted by atomic mass is 127. The smallest absolute Gasteiger partial charge is 0.356 e. The zero-order valence-corrected chi connectivity index (χ0v) is 14.9. The lowest BCUT2D eigenvalue weighted by Crippen LogP contribution is -2.43. The third-order valence-corrected chi connectivity index (χ3v) is 2.67. The number of benzene rings is 1. The maximum absolute atomic E-state index is 12.0. The van der Waals surface area contributed by atoms with Crippen molar-refractivity contribution in [2.45, 2.75) is 19.1 Å². The molecule has 0 heterocycles. The largest absolute Gasteiger partial charge is 0.390 e. The molecule has 0 aliphatic heterocycles. The molecule has 0 saturated heterocycles. The zero-order valence-electron chi connectivity index (χ0n) is 12.6. The van der Waals surface area contributed by atoms with Gasteiger partial charge in [0.15, 0.2) is 5.96 Å². The summed E-state index contributed by atoms with van der Waals surface area (Å²) in [5.74, 6) is -0.123. The number of aliphatic imine (C=N–C) groups is 1. The molecule has 0 fully saturated rings. The van der Waals surface area contributed by atoms with Crippen LogP contribution in [0.1, 0.15) is 12.0 Å². The van der Waals surface area contributed by atoms with E-state index >= 15 is 0 Å². The first-order chi connectivity index (χ1) is 10.4. The molecule has 0 aliphatic carbocycles. The molecule has 1 aromatic rings. The van der Waals surface area contributed by atoms with Crippen molar-refractivity contribution >= 4 is 35.8 Å². The minimum absolute atomic E-state index is 0. The molecule has 1 aromatic carbocycles. The first kappa shape index (κ1) is 21.5. The third kappa shape index (κ3) is 10.8. The lowest BCUT2D eigenvalue weighted by Gasteiger charge is -2.13. The zero-order chi connectivity index (χ0) is 16.4. The van der Waals surface area contributed by atoms with Crippen LogP contribution >= 0.6 is 24.0 Å². The minimum Gasteiger partial charge on any atom is -0.356 e. The Morgan fingerprint density at radius 1 is 1.13 bits per heavy atom. The lowest BCUT2D eigenvalue weighted by molar-refractivity contribution is -0.132. The van der Waals surface area contributed by atoms with E-state index in [9.17, 15) is 18.0 Å². The van der Waals surface area contributed by atoms with Crippen LogP contribution in [0.15, 0.2) is 35.3 Å².